The largest absolute Gasteiger partial charge is 0.378 e. The zero-order valence-electron chi connectivity index (χ0n) is 12.0. The average Bonchev–Trinajstić information content (AvgIpc) is 2.86. The molecule has 2 rings (SSSR count). The van der Waals surface area contributed by atoms with Crippen molar-refractivity contribution in [3.8, 4) is 0 Å². The summed E-state index contributed by atoms with van der Waals surface area (Å²) in [6, 6.07) is 6.90. The molecule has 1 aromatic carbocycles. The van der Waals surface area contributed by atoms with Gasteiger partial charge in [0.25, 0.3) is 0 Å². The van der Waals surface area contributed by atoms with E-state index in [-0.39, 0.29) is 11.9 Å². The molecular formula is C15H19FN2OS. The second kappa shape index (κ2) is 6.92. The van der Waals surface area contributed by atoms with Gasteiger partial charge in [0.15, 0.2) is 0 Å². The fourth-order valence-electron chi connectivity index (χ4n) is 2.06. The molecule has 0 radical (unpaired) electrons. The molecule has 1 atom stereocenters. The van der Waals surface area contributed by atoms with Crippen molar-refractivity contribution in [1.82, 2.24) is 9.88 Å². The SMILES string of the molecule is COCc1nc(CN(C)C(C)c2ccccc2F)cs1. The quantitative estimate of drug-likeness (QED) is 0.813. The number of hydrogen-bond donors (Lipinski definition) is 0. The molecule has 0 N–H and O–H groups in total. The summed E-state index contributed by atoms with van der Waals surface area (Å²) in [5, 5.41) is 2.99. The lowest BCUT2D eigenvalue weighted by Gasteiger charge is -2.24. The molecule has 3 nitrogen and oxygen atoms in total. The van der Waals surface area contributed by atoms with Crippen LogP contribution in [-0.2, 0) is 17.9 Å². The molecule has 20 heavy (non-hydrogen) atoms. The van der Waals surface area contributed by atoms with Crippen LogP contribution < -0.4 is 0 Å². The van der Waals surface area contributed by atoms with Crippen molar-refractivity contribution in [1.29, 1.82) is 0 Å². The topological polar surface area (TPSA) is 25.4 Å². The van der Waals surface area contributed by atoms with Crippen molar-refractivity contribution in [2.24, 2.45) is 0 Å². The normalized spacial score (nSPS) is 12.8. The summed E-state index contributed by atoms with van der Waals surface area (Å²) in [6.45, 7) is 3.23. The van der Waals surface area contributed by atoms with Gasteiger partial charge in [0.05, 0.1) is 12.3 Å². The van der Waals surface area contributed by atoms with Gasteiger partial charge in [-0.15, -0.1) is 11.3 Å². The molecule has 0 amide bonds. The Morgan fingerprint density at radius 3 is 2.85 bits per heavy atom. The van der Waals surface area contributed by atoms with Gasteiger partial charge < -0.3 is 4.74 Å². The number of aromatic nitrogens is 1. The number of ether oxygens (including phenoxy) is 1. The first-order valence-corrected chi connectivity index (χ1v) is 7.36. The van der Waals surface area contributed by atoms with Crippen molar-refractivity contribution in [3.05, 3.63) is 51.7 Å². The summed E-state index contributed by atoms with van der Waals surface area (Å²) >= 11 is 1.59. The molecule has 0 fully saturated rings. The van der Waals surface area contributed by atoms with Gasteiger partial charge >= 0.3 is 0 Å². The summed E-state index contributed by atoms with van der Waals surface area (Å²) in [4.78, 5) is 6.58. The molecule has 0 spiro atoms. The molecule has 1 aromatic heterocycles. The lowest BCUT2D eigenvalue weighted by molar-refractivity contribution is 0.184. The molecule has 0 bridgehead atoms. The monoisotopic (exact) mass is 294 g/mol. The summed E-state index contributed by atoms with van der Waals surface area (Å²) in [6.07, 6.45) is 0. The van der Waals surface area contributed by atoms with Gasteiger partial charge in [-0.1, -0.05) is 18.2 Å². The Hall–Kier alpha value is -1.30. The van der Waals surface area contributed by atoms with E-state index < -0.39 is 0 Å². The minimum absolute atomic E-state index is 0.00350. The van der Waals surface area contributed by atoms with Crippen LogP contribution in [0.2, 0.25) is 0 Å². The van der Waals surface area contributed by atoms with Crippen LogP contribution in [0, 0.1) is 5.82 Å². The number of hydrogen-bond acceptors (Lipinski definition) is 4. The number of halogens is 1. The highest BCUT2D eigenvalue weighted by molar-refractivity contribution is 7.09. The molecule has 1 heterocycles. The van der Waals surface area contributed by atoms with Gasteiger partial charge in [0.1, 0.15) is 10.8 Å². The smallest absolute Gasteiger partial charge is 0.127 e. The van der Waals surface area contributed by atoms with Crippen molar-refractivity contribution in [3.63, 3.8) is 0 Å². The van der Waals surface area contributed by atoms with Crippen LogP contribution in [0.3, 0.4) is 0 Å². The van der Waals surface area contributed by atoms with E-state index in [2.05, 4.69) is 9.88 Å². The maximum absolute atomic E-state index is 13.8. The van der Waals surface area contributed by atoms with Crippen LogP contribution >= 0.6 is 11.3 Å². The molecular weight excluding hydrogens is 275 g/mol. The Morgan fingerprint density at radius 2 is 2.15 bits per heavy atom. The highest BCUT2D eigenvalue weighted by Gasteiger charge is 2.16. The lowest BCUT2D eigenvalue weighted by Crippen LogP contribution is -2.22. The van der Waals surface area contributed by atoms with E-state index in [1.165, 1.54) is 6.07 Å². The van der Waals surface area contributed by atoms with Crippen LogP contribution in [0.15, 0.2) is 29.6 Å². The molecule has 2 aromatic rings. The summed E-state index contributed by atoms with van der Waals surface area (Å²) < 4.78 is 18.9. The summed E-state index contributed by atoms with van der Waals surface area (Å²) in [7, 11) is 3.64. The fraction of sp³-hybridized carbons (Fsp3) is 0.400. The Balaban J connectivity index is 2.03. The van der Waals surface area contributed by atoms with Crippen molar-refractivity contribution < 1.29 is 9.13 Å². The minimum Gasteiger partial charge on any atom is -0.378 e. The van der Waals surface area contributed by atoms with Crippen molar-refractivity contribution in [2.75, 3.05) is 14.2 Å². The number of benzene rings is 1. The highest BCUT2D eigenvalue weighted by Crippen LogP contribution is 2.23. The third-order valence-electron chi connectivity index (χ3n) is 3.29. The first kappa shape index (κ1) is 15.1. The molecule has 108 valence electrons. The molecule has 0 aliphatic heterocycles. The average molecular weight is 294 g/mol. The predicted molar refractivity (Wildman–Crippen MR) is 79.1 cm³/mol. The fourth-order valence-corrected chi connectivity index (χ4v) is 2.81. The Bertz CT molecular complexity index is 558. The van der Waals surface area contributed by atoms with E-state index in [0.29, 0.717) is 18.7 Å². The molecule has 1 unspecified atom stereocenters. The summed E-state index contributed by atoms with van der Waals surface area (Å²) in [5.74, 6) is -0.162. The molecule has 0 saturated heterocycles. The van der Waals surface area contributed by atoms with Gasteiger partial charge in [-0.2, -0.15) is 0 Å². The van der Waals surface area contributed by atoms with Gasteiger partial charge in [0.2, 0.25) is 0 Å². The zero-order chi connectivity index (χ0) is 14.5. The van der Waals surface area contributed by atoms with E-state index in [9.17, 15) is 4.39 Å². The van der Waals surface area contributed by atoms with Gasteiger partial charge in [-0.25, -0.2) is 9.37 Å². The molecule has 0 aliphatic carbocycles. The maximum Gasteiger partial charge on any atom is 0.127 e. The van der Waals surface area contributed by atoms with Crippen LogP contribution in [0.25, 0.3) is 0 Å². The number of rotatable bonds is 6. The van der Waals surface area contributed by atoms with Crippen LogP contribution in [0.5, 0.6) is 0 Å². The number of thiazole rings is 1. The number of nitrogens with zero attached hydrogens (tertiary/aromatic N) is 2. The third-order valence-corrected chi connectivity index (χ3v) is 4.17. The van der Waals surface area contributed by atoms with Crippen molar-refractivity contribution >= 4 is 11.3 Å². The predicted octanol–water partition coefficient (Wildman–Crippen LogP) is 3.62. The van der Waals surface area contributed by atoms with Gasteiger partial charge in [-0.3, -0.25) is 4.90 Å². The van der Waals surface area contributed by atoms with Crippen LogP contribution in [0.1, 0.15) is 29.2 Å². The standard InChI is InChI=1S/C15H19FN2OS/c1-11(13-6-4-5-7-14(13)16)18(2)8-12-10-20-15(17-12)9-19-3/h4-7,10-11H,8-9H2,1-3H3. The van der Waals surface area contributed by atoms with E-state index in [4.69, 9.17) is 4.74 Å². The minimum atomic E-state index is -0.162. The number of methoxy groups -OCH3 is 1. The van der Waals surface area contributed by atoms with Crippen LogP contribution in [-0.4, -0.2) is 24.0 Å². The lowest BCUT2D eigenvalue weighted by atomic mass is 10.1. The first-order chi connectivity index (χ1) is 9.61. The van der Waals surface area contributed by atoms with Gasteiger partial charge in [-0.05, 0) is 20.0 Å². The second-order valence-corrected chi connectivity index (χ2v) is 5.72. The first-order valence-electron chi connectivity index (χ1n) is 6.48. The van der Waals surface area contributed by atoms with Crippen molar-refractivity contribution in [2.45, 2.75) is 26.1 Å². The Kier molecular flexibility index (Phi) is 5.23. The van der Waals surface area contributed by atoms with Crippen LogP contribution in [0.4, 0.5) is 4.39 Å². The Labute approximate surface area is 123 Å². The molecule has 0 saturated carbocycles. The second-order valence-electron chi connectivity index (χ2n) is 4.78. The third kappa shape index (κ3) is 3.62. The van der Waals surface area contributed by atoms with Gasteiger partial charge in [0, 0.05) is 30.6 Å². The highest BCUT2D eigenvalue weighted by atomic mass is 32.1. The maximum atomic E-state index is 13.8. The summed E-state index contributed by atoms with van der Waals surface area (Å²) in [5.41, 5.74) is 1.70. The van der Waals surface area contributed by atoms with E-state index in [0.717, 1.165) is 10.7 Å². The van der Waals surface area contributed by atoms with E-state index in [1.807, 2.05) is 31.5 Å². The Morgan fingerprint density at radius 1 is 1.40 bits per heavy atom. The van der Waals surface area contributed by atoms with E-state index in [1.54, 1.807) is 24.5 Å². The molecule has 0 aliphatic rings. The zero-order valence-corrected chi connectivity index (χ0v) is 12.8. The molecule has 5 heteroatoms. The van der Waals surface area contributed by atoms with E-state index >= 15 is 0 Å².